The molecule has 2 aromatic carbocycles. The molecule has 0 unspecified atom stereocenters. The highest BCUT2D eigenvalue weighted by atomic mass is 16.5. The van der Waals surface area contributed by atoms with Crippen LogP contribution in [0.5, 0.6) is 11.5 Å². The van der Waals surface area contributed by atoms with Gasteiger partial charge in [0.2, 0.25) is 11.6 Å². The molecule has 0 saturated heterocycles. The number of hydrogen-bond donors (Lipinski definition) is 2. The minimum Gasteiger partial charge on any atom is -0.504 e. The number of aliphatic hydroxyl groups excluding tert-OH is 2. The Morgan fingerprint density at radius 3 is 1.48 bits per heavy atom. The van der Waals surface area contributed by atoms with Crippen molar-refractivity contribution in [1.82, 2.24) is 0 Å². The van der Waals surface area contributed by atoms with E-state index in [2.05, 4.69) is 0 Å². The van der Waals surface area contributed by atoms with Crippen LogP contribution in [0, 0.1) is 11.8 Å². The Morgan fingerprint density at radius 2 is 1.10 bits per heavy atom. The van der Waals surface area contributed by atoms with Crippen molar-refractivity contribution in [3.05, 3.63) is 93.5 Å². The minimum absolute atomic E-state index is 0.0388. The second-order valence-corrected chi connectivity index (χ2v) is 9.94. The maximum absolute atomic E-state index is 13.8. The Kier molecular flexibility index (Phi) is 7.97. The van der Waals surface area contributed by atoms with E-state index >= 15 is 0 Å². The molecule has 3 aliphatic rings. The first-order valence-corrected chi connectivity index (χ1v) is 13.2. The molecule has 2 N–H and O–H groups in total. The van der Waals surface area contributed by atoms with Gasteiger partial charge in [0.25, 0.3) is 0 Å². The van der Waals surface area contributed by atoms with E-state index in [0.717, 1.165) is 0 Å². The zero-order chi connectivity index (χ0) is 30.0. The van der Waals surface area contributed by atoms with Gasteiger partial charge >= 0.3 is 11.9 Å². The first-order valence-electron chi connectivity index (χ1n) is 13.2. The lowest BCUT2D eigenvalue weighted by molar-refractivity contribution is -0.142. The topological polar surface area (TPSA) is 146 Å². The molecule has 216 valence electrons. The summed E-state index contributed by atoms with van der Waals surface area (Å²) < 4.78 is 21.3. The van der Waals surface area contributed by atoms with E-state index in [0.29, 0.717) is 33.8 Å². The monoisotopic (exact) mass is 572 g/mol. The van der Waals surface area contributed by atoms with E-state index < -0.39 is 70.8 Å². The number of fused-ring (bicyclic) bond motifs is 2. The molecule has 10 heteroatoms. The SMILES string of the molecule is COC(=O)C[C@H](C1=Cc2ccccc2OC1)C1=C(O)C(=O)C([C@@H](CC(=O)OC)C2=Cc3ccccc3OC2)=C(O)C1=O. The van der Waals surface area contributed by atoms with E-state index in [1.807, 2.05) is 0 Å². The fourth-order valence-corrected chi connectivity index (χ4v) is 5.37. The van der Waals surface area contributed by atoms with Gasteiger partial charge in [0.15, 0.2) is 11.5 Å². The zero-order valence-electron chi connectivity index (χ0n) is 22.9. The van der Waals surface area contributed by atoms with Crippen molar-refractivity contribution in [2.75, 3.05) is 27.4 Å². The molecule has 0 bridgehead atoms. The second kappa shape index (κ2) is 11.8. The minimum atomic E-state index is -1.14. The van der Waals surface area contributed by atoms with Crippen molar-refractivity contribution < 1.29 is 48.3 Å². The summed E-state index contributed by atoms with van der Waals surface area (Å²) in [4.78, 5) is 52.4. The molecule has 1 aliphatic carbocycles. The zero-order valence-corrected chi connectivity index (χ0v) is 22.9. The normalized spacial score (nSPS) is 17.6. The first kappa shape index (κ1) is 28.4. The number of rotatable bonds is 8. The highest BCUT2D eigenvalue weighted by molar-refractivity contribution is 6.24. The van der Waals surface area contributed by atoms with E-state index in [-0.39, 0.29) is 13.2 Å². The average molecular weight is 573 g/mol. The quantitative estimate of drug-likeness (QED) is 0.351. The van der Waals surface area contributed by atoms with Gasteiger partial charge in [0.05, 0.1) is 38.2 Å². The summed E-state index contributed by atoms with van der Waals surface area (Å²) in [5.74, 6) is -6.51. The largest absolute Gasteiger partial charge is 0.504 e. The number of carbonyl (C=O) groups is 4. The highest BCUT2D eigenvalue weighted by Crippen LogP contribution is 2.41. The molecular formula is C32H28O10. The molecule has 0 radical (unpaired) electrons. The molecule has 2 heterocycles. The third-order valence-corrected chi connectivity index (χ3v) is 7.53. The second-order valence-electron chi connectivity index (χ2n) is 9.94. The number of hydrogen-bond acceptors (Lipinski definition) is 10. The number of methoxy groups -OCH3 is 2. The number of carbonyl (C=O) groups excluding carboxylic acids is 4. The Labute approximate surface area is 241 Å². The van der Waals surface area contributed by atoms with E-state index in [1.165, 1.54) is 14.2 Å². The summed E-state index contributed by atoms with van der Waals surface area (Å²) >= 11 is 0. The highest BCUT2D eigenvalue weighted by Gasteiger charge is 2.44. The number of para-hydroxylation sites is 2. The van der Waals surface area contributed by atoms with Gasteiger partial charge in [-0.25, -0.2) is 0 Å². The number of allylic oxidation sites excluding steroid dienone is 2. The van der Waals surface area contributed by atoms with Crippen LogP contribution in [-0.4, -0.2) is 61.2 Å². The van der Waals surface area contributed by atoms with Crippen LogP contribution >= 0.6 is 0 Å². The number of esters is 2. The van der Waals surface area contributed by atoms with Gasteiger partial charge in [-0.1, -0.05) is 36.4 Å². The fourth-order valence-electron chi connectivity index (χ4n) is 5.37. The maximum Gasteiger partial charge on any atom is 0.306 e. The summed E-state index contributed by atoms with van der Waals surface area (Å²) in [7, 11) is 2.35. The van der Waals surface area contributed by atoms with Crippen molar-refractivity contribution in [3.8, 4) is 11.5 Å². The summed E-state index contributed by atoms with van der Waals surface area (Å²) in [5, 5.41) is 22.5. The third kappa shape index (κ3) is 5.30. The molecule has 0 amide bonds. The molecule has 2 aliphatic heterocycles. The first-order chi connectivity index (χ1) is 20.2. The van der Waals surface area contributed by atoms with Crippen LogP contribution in [-0.2, 0) is 28.7 Å². The lowest BCUT2D eigenvalue weighted by Crippen LogP contribution is -2.35. The standard InChI is InChI=1S/C32H28O10/c1-39-25(33)13-21(19-11-17-7-3-5-9-23(17)41-15-19)27-29(35)31(37)28(32(38)30(27)36)22(14-26(34)40-2)20-12-18-8-4-6-10-24(18)42-16-20/h3-12,21-22,35,38H,13-16H2,1-2H3/t21-,22+. The fraction of sp³-hybridized carbons (Fsp3) is 0.250. The van der Waals surface area contributed by atoms with E-state index in [1.54, 1.807) is 60.7 Å². The van der Waals surface area contributed by atoms with Gasteiger partial charge in [-0.15, -0.1) is 0 Å². The van der Waals surface area contributed by atoms with Crippen molar-refractivity contribution in [2.45, 2.75) is 12.8 Å². The number of aliphatic hydroxyl groups is 2. The van der Waals surface area contributed by atoms with Crippen LogP contribution < -0.4 is 9.47 Å². The predicted octanol–water partition coefficient (Wildman–Crippen LogP) is 4.07. The van der Waals surface area contributed by atoms with Crippen LogP contribution in [0.3, 0.4) is 0 Å². The maximum atomic E-state index is 13.8. The molecule has 2 aromatic rings. The molecule has 0 fully saturated rings. The Balaban J connectivity index is 1.58. The third-order valence-electron chi connectivity index (χ3n) is 7.53. The van der Waals surface area contributed by atoms with Gasteiger partial charge in [0, 0.05) is 23.0 Å². The lowest BCUT2D eigenvalue weighted by atomic mass is 9.75. The van der Waals surface area contributed by atoms with Crippen molar-refractivity contribution >= 4 is 35.7 Å². The van der Waals surface area contributed by atoms with Gasteiger partial charge in [-0.3, -0.25) is 19.2 Å². The number of ketones is 2. The van der Waals surface area contributed by atoms with Crippen molar-refractivity contribution in [3.63, 3.8) is 0 Å². The van der Waals surface area contributed by atoms with Crippen molar-refractivity contribution in [2.24, 2.45) is 11.8 Å². The number of benzene rings is 2. The molecule has 5 rings (SSSR count). The van der Waals surface area contributed by atoms with Crippen LogP contribution in [0.15, 0.2) is 82.3 Å². The van der Waals surface area contributed by atoms with E-state index in [9.17, 15) is 29.4 Å². The summed E-state index contributed by atoms with van der Waals surface area (Å²) in [6.45, 7) is -0.0777. The summed E-state index contributed by atoms with van der Waals surface area (Å²) in [5.41, 5.74) is 1.26. The smallest absolute Gasteiger partial charge is 0.306 e. The Hall–Kier alpha value is -5.12. The summed E-state index contributed by atoms with van der Waals surface area (Å²) in [6.07, 6.45) is 2.61. The number of ether oxygens (including phenoxy) is 4. The van der Waals surface area contributed by atoms with Crippen molar-refractivity contribution in [1.29, 1.82) is 0 Å². The van der Waals surface area contributed by atoms with E-state index in [4.69, 9.17) is 18.9 Å². The molecule has 10 nitrogen and oxygen atoms in total. The molecule has 0 spiro atoms. The summed E-state index contributed by atoms with van der Waals surface area (Å²) in [6, 6.07) is 14.2. The van der Waals surface area contributed by atoms with Gasteiger partial charge in [0.1, 0.15) is 24.7 Å². The van der Waals surface area contributed by atoms with Crippen LogP contribution in [0.1, 0.15) is 24.0 Å². The average Bonchev–Trinajstić information content (AvgIpc) is 3.02. The molecule has 0 saturated carbocycles. The Bertz CT molecular complexity index is 1490. The Morgan fingerprint density at radius 1 is 0.714 bits per heavy atom. The molecule has 2 atom stereocenters. The molecule has 42 heavy (non-hydrogen) atoms. The van der Waals surface area contributed by atoms with Gasteiger partial charge in [-0.2, -0.15) is 0 Å². The van der Waals surface area contributed by atoms with Crippen LogP contribution in [0.4, 0.5) is 0 Å². The molecular weight excluding hydrogens is 544 g/mol. The van der Waals surface area contributed by atoms with Gasteiger partial charge < -0.3 is 29.2 Å². The lowest BCUT2D eigenvalue weighted by Gasteiger charge is -2.31. The van der Waals surface area contributed by atoms with Gasteiger partial charge in [-0.05, 0) is 35.4 Å². The van der Waals surface area contributed by atoms with Crippen LogP contribution in [0.25, 0.3) is 12.2 Å². The van der Waals surface area contributed by atoms with Crippen LogP contribution in [0.2, 0.25) is 0 Å². The number of Topliss-reactive ketones (excluding diaryl/α,β-unsaturated/α-hetero) is 2. The molecule has 0 aromatic heterocycles. The predicted molar refractivity (Wildman–Crippen MR) is 149 cm³/mol.